The highest BCUT2D eigenvalue weighted by molar-refractivity contribution is 4.80. The fourth-order valence-electron chi connectivity index (χ4n) is 2.95. The van der Waals surface area contributed by atoms with Crippen molar-refractivity contribution in [3.63, 3.8) is 0 Å². The summed E-state index contributed by atoms with van der Waals surface area (Å²) in [6.07, 6.45) is 3.31. The second-order valence-electron chi connectivity index (χ2n) is 7.00. The Hall–Kier alpha value is -0.0800. The van der Waals surface area contributed by atoms with Crippen molar-refractivity contribution in [2.75, 3.05) is 20.1 Å². The van der Waals surface area contributed by atoms with Crippen LogP contribution in [0.25, 0.3) is 0 Å². The zero-order chi connectivity index (χ0) is 12.3. The fourth-order valence-corrected chi connectivity index (χ4v) is 2.95. The Labute approximate surface area is 101 Å². The summed E-state index contributed by atoms with van der Waals surface area (Å²) in [5, 5.41) is 10.0. The number of hydrogen-bond donors (Lipinski definition) is 1. The average molecular weight is 227 g/mol. The number of nitrogens with zero attached hydrogens (tertiary/aromatic N) is 1. The molecular weight excluding hydrogens is 198 g/mol. The van der Waals surface area contributed by atoms with E-state index in [0.717, 1.165) is 25.4 Å². The molecule has 96 valence electrons. The Bertz CT molecular complexity index is 209. The largest absolute Gasteiger partial charge is 0.393 e. The highest BCUT2D eigenvalue weighted by Crippen LogP contribution is 2.29. The fraction of sp³-hybridized carbons (Fsp3) is 1.00. The van der Waals surface area contributed by atoms with Gasteiger partial charge in [-0.1, -0.05) is 27.7 Å². The summed E-state index contributed by atoms with van der Waals surface area (Å²) in [5.41, 5.74) is 0.347. The van der Waals surface area contributed by atoms with Crippen LogP contribution in [0.1, 0.15) is 47.0 Å². The summed E-state index contributed by atoms with van der Waals surface area (Å²) >= 11 is 0. The third-order valence-electron chi connectivity index (χ3n) is 3.49. The predicted octanol–water partition coefficient (Wildman–Crippen LogP) is 2.76. The zero-order valence-corrected chi connectivity index (χ0v) is 11.7. The van der Waals surface area contributed by atoms with Crippen molar-refractivity contribution in [2.45, 2.75) is 53.1 Å². The Morgan fingerprint density at radius 1 is 1.25 bits per heavy atom. The van der Waals surface area contributed by atoms with E-state index in [1.54, 1.807) is 0 Å². The van der Waals surface area contributed by atoms with Crippen LogP contribution in [0, 0.1) is 17.3 Å². The first-order valence-corrected chi connectivity index (χ1v) is 6.64. The Morgan fingerprint density at radius 3 is 2.44 bits per heavy atom. The Morgan fingerprint density at radius 2 is 1.88 bits per heavy atom. The third-order valence-corrected chi connectivity index (χ3v) is 3.49. The molecule has 2 heteroatoms. The van der Waals surface area contributed by atoms with E-state index < -0.39 is 0 Å². The van der Waals surface area contributed by atoms with Gasteiger partial charge in [-0.3, -0.25) is 0 Å². The Kier molecular flexibility index (Phi) is 4.81. The van der Waals surface area contributed by atoms with Crippen LogP contribution in [-0.2, 0) is 0 Å². The molecule has 1 aliphatic rings. The summed E-state index contributed by atoms with van der Waals surface area (Å²) in [6.45, 7) is 11.3. The molecule has 0 amide bonds. The lowest BCUT2D eigenvalue weighted by Crippen LogP contribution is -2.39. The van der Waals surface area contributed by atoms with Crippen molar-refractivity contribution in [1.29, 1.82) is 0 Å². The van der Waals surface area contributed by atoms with Gasteiger partial charge in [0.05, 0.1) is 6.10 Å². The molecule has 1 aliphatic carbocycles. The van der Waals surface area contributed by atoms with Gasteiger partial charge in [0.15, 0.2) is 0 Å². The summed E-state index contributed by atoms with van der Waals surface area (Å²) in [5.74, 6) is 1.27. The van der Waals surface area contributed by atoms with Crippen LogP contribution in [0.5, 0.6) is 0 Å². The van der Waals surface area contributed by atoms with Gasteiger partial charge in [0.1, 0.15) is 0 Å². The molecule has 0 spiro atoms. The van der Waals surface area contributed by atoms with Crippen LogP contribution in [0.15, 0.2) is 0 Å². The molecule has 0 aliphatic heterocycles. The third kappa shape index (κ3) is 4.84. The maximum atomic E-state index is 10.0. The van der Waals surface area contributed by atoms with Crippen LogP contribution in [0.3, 0.4) is 0 Å². The minimum Gasteiger partial charge on any atom is -0.393 e. The van der Waals surface area contributed by atoms with Crippen molar-refractivity contribution in [3.8, 4) is 0 Å². The molecular formula is C14H29NO. The molecule has 3 atom stereocenters. The van der Waals surface area contributed by atoms with Crippen LogP contribution in [0.4, 0.5) is 0 Å². The summed E-state index contributed by atoms with van der Waals surface area (Å²) < 4.78 is 0. The molecule has 3 unspecified atom stereocenters. The molecule has 0 bridgehead atoms. The molecule has 1 rings (SSSR count). The highest BCUT2D eigenvalue weighted by atomic mass is 16.3. The second-order valence-corrected chi connectivity index (χ2v) is 7.00. The number of aliphatic hydroxyl groups is 1. The van der Waals surface area contributed by atoms with E-state index in [9.17, 15) is 5.11 Å². The normalized spacial score (nSPS) is 32.1. The van der Waals surface area contributed by atoms with Crippen molar-refractivity contribution in [2.24, 2.45) is 17.3 Å². The van der Waals surface area contributed by atoms with Gasteiger partial charge in [0.25, 0.3) is 0 Å². The first-order chi connectivity index (χ1) is 7.28. The van der Waals surface area contributed by atoms with Gasteiger partial charge in [-0.15, -0.1) is 0 Å². The molecule has 0 radical (unpaired) electrons. The maximum Gasteiger partial charge on any atom is 0.0580 e. The SMILES string of the molecule is CC1CCC(O)C(CN(C)CC(C)(C)C)C1. The quantitative estimate of drug-likeness (QED) is 0.801. The first kappa shape index (κ1) is 14.0. The molecule has 0 aromatic carbocycles. The van der Waals surface area contributed by atoms with Gasteiger partial charge in [-0.05, 0) is 43.6 Å². The minimum atomic E-state index is -0.0707. The lowest BCUT2D eigenvalue weighted by atomic mass is 9.80. The van der Waals surface area contributed by atoms with Gasteiger partial charge in [-0.25, -0.2) is 0 Å². The zero-order valence-electron chi connectivity index (χ0n) is 11.7. The van der Waals surface area contributed by atoms with E-state index in [1.807, 2.05) is 0 Å². The Balaban J connectivity index is 2.40. The van der Waals surface area contributed by atoms with Crippen molar-refractivity contribution in [1.82, 2.24) is 4.90 Å². The molecule has 0 aromatic heterocycles. The lowest BCUT2D eigenvalue weighted by Gasteiger charge is -2.36. The smallest absolute Gasteiger partial charge is 0.0580 e. The summed E-state index contributed by atoms with van der Waals surface area (Å²) in [7, 11) is 2.18. The van der Waals surface area contributed by atoms with Crippen LogP contribution in [0.2, 0.25) is 0 Å². The highest BCUT2D eigenvalue weighted by Gasteiger charge is 2.28. The number of hydrogen-bond acceptors (Lipinski definition) is 2. The molecule has 2 nitrogen and oxygen atoms in total. The summed E-state index contributed by atoms with van der Waals surface area (Å²) in [4.78, 5) is 2.38. The van der Waals surface area contributed by atoms with E-state index in [1.165, 1.54) is 12.8 Å². The van der Waals surface area contributed by atoms with Gasteiger partial charge in [0, 0.05) is 13.1 Å². The van der Waals surface area contributed by atoms with E-state index in [2.05, 4.69) is 39.6 Å². The van der Waals surface area contributed by atoms with Gasteiger partial charge >= 0.3 is 0 Å². The van der Waals surface area contributed by atoms with E-state index >= 15 is 0 Å². The van der Waals surface area contributed by atoms with Crippen molar-refractivity contribution in [3.05, 3.63) is 0 Å². The summed E-state index contributed by atoms with van der Waals surface area (Å²) in [6, 6.07) is 0. The molecule has 0 saturated heterocycles. The number of aliphatic hydroxyl groups excluding tert-OH is 1. The van der Waals surface area contributed by atoms with E-state index in [-0.39, 0.29) is 6.10 Å². The topological polar surface area (TPSA) is 23.5 Å². The molecule has 16 heavy (non-hydrogen) atoms. The van der Waals surface area contributed by atoms with Crippen LogP contribution >= 0.6 is 0 Å². The molecule has 1 N–H and O–H groups in total. The van der Waals surface area contributed by atoms with E-state index in [0.29, 0.717) is 11.3 Å². The van der Waals surface area contributed by atoms with E-state index in [4.69, 9.17) is 0 Å². The van der Waals surface area contributed by atoms with Crippen LogP contribution < -0.4 is 0 Å². The monoisotopic (exact) mass is 227 g/mol. The van der Waals surface area contributed by atoms with Crippen molar-refractivity contribution < 1.29 is 5.11 Å². The molecule has 0 heterocycles. The molecule has 1 saturated carbocycles. The van der Waals surface area contributed by atoms with Crippen molar-refractivity contribution >= 4 is 0 Å². The van der Waals surface area contributed by atoms with Gasteiger partial charge in [-0.2, -0.15) is 0 Å². The molecule has 1 fully saturated rings. The number of rotatable bonds is 3. The van der Waals surface area contributed by atoms with Gasteiger partial charge in [0.2, 0.25) is 0 Å². The predicted molar refractivity (Wildman–Crippen MR) is 69.5 cm³/mol. The standard InChI is InChI=1S/C14H29NO/c1-11-6-7-13(16)12(8-11)9-15(5)10-14(2,3)4/h11-13,16H,6-10H2,1-5H3. The lowest BCUT2D eigenvalue weighted by molar-refractivity contribution is 0.0301. The first-order valence-electron chi connectivity index (χ1n) is 6.64. The average Bonchev–Trinajstić information content (AvgIpc) is 2.08. The minimum absolute atomic E-state index is 0.0707. The van der Waals surface area contributed by atoms with Crippen LogP contribution in [-0.4, -0.2) is 36.2 Å². The second kappa shape index (κ2) is 5.50. The van der Waals surface area contributed by atoms with Gasteiger partial charge < -0.3 is 10.0 Å². The molecule has 0 aromatic rings. The maximum absolute atomic E-state index is 10.0.